The minimum Gasteiger partial charge on any atom is -0.294 e. The summed E-state index contributed by atoms with van der Waals surface area (Å²) in [5, 5.41) is 4.38. The molecule has 0 radical (unpaired) electrons. The van der Waals surface area contributed by atoms with E-state index >= 15 is 0 Å². The van der Waals surface area contributed by atoms with Crippen LogP contribution in [0.25, 0.3) is 17.2 Å². The van der Waals surface area contributed by atoms with E-state index in [4.69, 9.17) is 0 Å². The smallest absolute Gasteiger partial charge is 0.252 e. The maximum absolute atomic E-state index is 11.5. The van der Waals surface area contributed by atoms with Gasteiger partial charge in [0.25, 0.3) is 5.78 Å². The number of carbonyl (C=O) groups is 1. The molecule has 0 N–H and O–H groups in total. The van der Waals surface area contributed by atoms with E-state index in [1.807, 2.05) is 19.1 Å². The van der Waals surface area contributed by atoms with Crippen LogP contribution in [-0.4, -0.2) is 30.3 Å². The fourth-order valence-corrected chi connectivity index (χ4v) is 1.91. The molecular weight excluding hydrogens is 242 g/mol. The van der Waals surface area contributed by atoms with E-state index in [2.05, 4.69) is 20.1 Å². The van der Waals surface area contributed by atoms with Crippen LogP contribution in [0.4, 0.5) is 0 Å². The molecule has 0 unspecified atom stereocenters. The highest BCUT2D eigenvalue weighted by Crippen LogP contribution is 2.16. The summed E-state index contributed by atoms with van der Waals surface area (Å²) in [6.45, 7) is 3.34. The third-order valence-electron chi connectivity index (χ3n) is 2.91. The van der Waals surface area contributed by atoms with Crippen molar-refractivity contribution < 1.29 is 4.79 Å². The van der Waals surface area contributed by atoms with Gasteiger partial charge < -0.3 is 0 Å². The number of ketones is 1. The molecule has 0 aliphatic heterocycles. The Kier molecular flexibility index (Phi) is 2.56. The zero-order chi connectivity index (χ0) is 13.4. The lowest BCUT2D eigenvalue weighted by Gasteiger charge is -2.01. The van der Waals surface area contributed by atoms with E-state index in [0.29, 0.717) is 17.2 Å². The van der Waals surface area contributed by atoms with Crippen LogP contribution in [0, 0.1) is 6.92 Å². The molecular formula is C13H11N5O. The topological polar surface area (TPSA) is 73.0 Å². The first kappa shape index (κ1) is 11.5. The molecule has 0 saturated heterocycles. The van der Waals surface area contributed by atoms with Crippen molar-refractivity contribution in [1.82, 2.24) is 24.6 Å². The van der Waals surface area contributed by atoms with Gasteiger partial charge in [-0.15, -0.1) is 5.10 Å². The number of fused-ring (bicyclic) bond motifs is 1. The molecule has 0 saturated carbocycles. The van der Waals surface area contributed by atoms with Crippen molar-refractivity contribution in [2.75, 3.05) is 0 Å². The Morgan fingerprint density at radius 3 is 2.84 bits per heavy atom. The molecule has 0 atom stereocenters. The zero-order valence-corrected chi connectivity index (χ0v) is 10.5. The Morgan fingerprint density at radius 1 is 1.32 bits per heavy atom. The predicted molar refractivity (Wildman–Crippen MR) is 68.8 cm³/mol. The van der Waals surface area contributed by atoms with Crippen LogP contribution in [0.3, 0.4) is 0 Å². The first-order valence-corrected chi connectivity index (χ1v) is 5.80. The standard InChI is InChI=1S/C13H11N5O/c1-8-11(9(2)19)7-15-13-16-12(17-18(8)13)10-4-3-5-14-6-10/h3-7H,1-2H3. The molecule has 0 aromatic carbocycles. The van der Waals surface area contributed by atoms with Crippen LogP contribution >= 0.6 is 0 Å². The first-order valence-electron chi connectivity index (χ1n) is 5.80. The van der Waals surface area contributed by atoms with Crippen molar-refractivity contribution in [1.29, 1.82) is 0 Å². The number of rotatable bonds is 2. The number of aromatic nitrogens is 5. The Hall–Kier alpha value is -2.63. The molecule has 0 spiro atoms. The molecule has 6 nitrogen and oxygen atoms in total. The summed E-state index contributed by atoms with van der Waals surface area (Å²) < 4.78 is 1.58. The van der Waals surface area contributed by atoms with Gasteiger partial charge in [0.2, 0.25) is 0 Å². The fraction of sp³-hybridized carbons (Fsp3) is 0.154. The van der Waals surface area contributed by atoms with E-state index in [1.165, 1.54) is 13.1 Å². The normalized spacial score (nSPS) is 10.8. The second-order valence-corrected chi connectivity index (χ2v) is 4.20. The predicted octanol–water partition coefficient (Wildman–Crippen LogP) is 1.70. The minimum absolute atomic E-state index is 0.0367. The van der Waals surface area contributed by atoms with Gasteiger partial charge in [0.1, 0.15) is 0 Å². The number of hydrogen-bond acceptors (Lipinski definition) is 5. The monoisotopic (exact) mass is 253 g/mol. The van der Waals surface area contributed by atoms with Gasteiger partial charge >= 0.3 is 0 Å². The SMILES string of the molecule is CC(=O)c1cnc2nc(-c3cccnc3)nn2c1C. The maximum Gasteiger partial charge on any atom is 0.252 e. The summed E-state index contributed by atoms with van der Waals surface area (Å²) in [6, 6.07) is 3.70. The van der Waals surface area contributed by atoms with Gasteiger partial charge in [0.05, 0.1) is 11.3 Å². The Bertz CT molecular complexity index is 763. The lowest BCUT2D eigenvalue weighted by atomic mass is 10.2. The number of Topliss-reactive ketones (excluding diaryl/α,β-unsaturated/α-hetero) is 1. The highest BCUT2D eigenvalue weighted by Gasteiger charge is 2.13. The van der Waals surface area contributed by atoms with Gasteiger partial charge in [-0.3, -0.25) is 9.78 Å². The van der Waals surface area contributed by atoms with E-state index in [9.17, 15) is 4.79 Å². The van der Waals surface area contributed by atoms with E-state index in [0.717, 1.165) is 11.3 Å². The first-order chi connectivity index (χ1) is 9.16. The van der Waals surface area contributed by atoms with Gasteiger partial charge in [-0.1, -0.05) is 0 Å². The quantitative estimate of drug-likeness (QED) is 0.650. The van der Waals surface area contributed by atoms with Gasteiger partial charge in [-0.2, -0.15) is 4.98 Å². The van der Waals surface area contributed by atoms with Crippen LogP contribution in [0.5, 0.6) is 0 Å². The number of carbonyl (C=O) groups excluding carboxylic acids is 1. The third kappa shape index (κ3) is 1.87. The molecule has 94 valence electrons. The molecule has 3 aromatic heterocycles. The number of nitrogens with zero attached hydrogens (tertiary/aromatic N) is 5. The summed E-state index contributed by atoms with van der Waals surface area (Å²) in [7, 11) is 0. The molecule has 0 aliphatic rings. The summed E-state index contributed by atoms with van der Waals surface area (Å²) in [4.78, 5) is 24.0. The summed E-state index contributed by atoms with van der Waals surface area (Å²) >= 11 is 0. The Morgan fingerprint density at radius 2 is 2.16 bits per heavy atom. The average molecular weight is 253 g/mol. The number of aryl methyl sites for hydroxylation is 1. The number of pyridine rings is 1. The molecule has 3 rings (SSSR count). The van der Waals surface area contributed by atoms with Gasteiger partial charge in [-0.05, 0) is 26.0 Å². The average Bonchev–Trinajstić information content (AvgIpc) is 2.85. The van der Waals surface area contributed by atoms with E-state index in [-0.39, 0.29) is 5.78 Å². The number of hydrogen-bond donors (Lipinski definition) is 0. The summed E-state index contributed by atoms with van der Waals surface area (Å²) in [5.41, 5.74) is 2.10. The van der Waals surface area contributed by atoms with Gasteiger partial charge in [-0.25, -0.2) is 9.50 Å². The molecule has 0 amide bonds. The Balaban J connectivity index is 2.22. The largest absolute Gasteiger partial charge is 0.294 e. The van der Waals surface area contributed by atoms with Crippen molar-refractivity contribution >= 4 is 11.6 Å². The van der Waals surface area contributed by atoms with Crippen LogP contribution in [-0.2, 0) is 0 Å². The van der Waals surface area contributed by atoms with Crippen LogP contribution in [0.15, 0.2) is 30.7 Å². The van der Waals surface area contributed by atoms with Gasteiger partial charge in [0.15, 0.2) is 11.6 Å². The van der Waals surface area contributed by atoms with Gasteiger partial charge in [0, 0.05) is 24.2 Å². The second-order valence-electron chi connectivity index (χ2n) is 4.20. The fourth-order valence-electron chi connectivity index (χ4n) is 1.91. The third-order valence-corrected chi connectivity index (χ3v) is 2.91. The molecule has 0 fully saturated rings. The van der Waals surface area contributed by atoms with Crippen molar-refractivity contribution in [2.24, 2.45) is 0 Å². The lowest BCUT2D eigenvalue weighted by Crippen LogP contribution is -2.05. The van der Waals surface area contributed by atoms with Crippen LogP contribution in [0.1, 0.15) is 23.0 Å². The molecule has 6 heteroatoms. The van der Waals surface area contributed by atoms with Crippen LogP contribution < -0.4 is 0 Å². The molecule has 3 heterocycles. The molecule has 19 heavy (non-hydrogen) atoms. The minimum atomic E-state index is -0.0367. The van der Waals surface area contributed by atoms with E-state index < -0.39 is 0 Å². The molecule has 0 bridgehead atoms. The van der Waals surface area contributed by atoms with Crippen LogP contribution in [0.2, 0.25) is 0 Å². The maximum atomic E-state index is 11.5. The Labute approximate surface area is 109 Å². The highest BCUT2D eigenvalue weighted by atomic mass is 16.1. The van der Waals surface area contributed by atoms with Crippen molar-refractivity contribution in [3.05, 3.63) is 42.0 Å². The molecule has 0 aliphatic carbocycles. The van der Waals surface area contributed by atoms with Crippen molar-refractivity contribution in [3.8, 4) is 11.4 Å². The summed E-state index contributed by atoms with van der Waals surface area (Å²) in [5.74, 6) is 0.982. The van der Waals surface area contributed by atoms with Crippen molar-refractivity contribution in [3.63, 3.8) is 0 Å². The summed E-state index contributed by atoms with van der Waals surface area (Å²) in [6.07, 6.45) is 4.92. The lowest BCUT2D eigenvalue weighted by molar-refractivity contribution is 0.101. The second kappa shape index (κ2) is 4.24. The highest BCUT2D eigenvalue weighted by molar-refractivity contribution is 5.94. The van der Waals surface area contributed by atoms with E-state index in [1.54, 1.807) is 16.9 Å². The zero-order valence-electron chi connectivity index (χ0n) is 10.5. The van der Waals surface area contributed by atoms with Crippen molar-refractivity contribution in [2.45, 2.75) is 13.8 Å². The molecule has 3 aromatic rings.